The van der Waals surface area contributed by atoms with Crippen molar-refractivity contribution in [3.8, 4) is 0 Å². The third-order valence-corrected chi connectivity index (χ3v) is 5.95. The highest BCUT2D eigenvalue weighted by atomic mass is 32.2. The highest BCUT2D eigenvalue weighted by Gasteiger charge is 2.28. The summed E-state index contributed by atoms with van der Waals surface area (Å²) >= 11 is 0. The van der Waals surface area contributed by atoms with Crippen LogP contribution in [0.25, 0.3) is 0 Å². The summed E-state index contributed by atoms with van der Waals surface area (Å²) in [5.74, 6) is 0.213. The second kappa shape index (κ2) is 8.60. The van der Waals surface area contributed by atoms with Gasteiger partial charge in [-0.25, -0.2) is 13.3 Å². The zero-order valence-corrected chi connectivity index (χ0v) is 16.9. The Morgan fingerprint density at radius 1 is 1.28 bits per heavy atom. The van der Waals surface area contributed by atoms with E-state index in [1.165, 1.54) is 6.07 Å². The molecule has 4 nitrogen and oxygen atoms in total. The highest BCUT2D eigenvalue weighted by molar-refractivity contribution is 7.84. The van der Waals surface area contributed by atoms with Crippen LogP contribution in [0, 0.1) is 11.7 Å². The molecule has 1 fully saturated rings. The summed E-state index contributed by atoms with van der Waals surface area (Å²) in [6.07, 6.45) is 0.810. The third kappa shape index (κ3) is 5.50. The van der Waals surface area contributed by atoms with Crippen molar-refractivity contribution >= 4 is 16.7 Å². The van der Waals surface area contributed by atoms with Gasteiger partial charge in [0.15, 0.2) is 0 Å². The Balaban J connectivity index is 2.38. The Labute approximate surface area is 154 Å². The summed E-state index contributed by atoms with van der Waals surface area (Å²) in [4.78, 5) is 2.11. The maximum Gasteiger partial charge on any atom is 0.146 e. The lowest BCUT2D eigenvalue weighted by Gasteiger charge is -2.34. The molecule has 0 aromatic heterocycles. The fourth-order valence-electron chi connectivity index (χ4n) is 3.05. The molecule has 0 amide bonds. The molecule has 142 valence electrons. The topological polar surface area (TPSA) is 44.4 Å². The average Bonchev–Trinajstić information content (AvgIpc) is 2.53. The van der Waals surface area contributed by atoms with Crippen molar-refractivity contribution in [1.29, 1.82) is 0 Å². The van der Waals surface area contributed by atoms with Gasteiger partial charge in [0, 0.05) is 32.2 Å². The van der Waals surface area contributed by atoms with Crippen molar-refractivity contribution < 1.29 is 8.60 Å². The van der Waals surface area contributed by atoms with Crippen LogP contribution in [0.3, 0.4) is 0 Å². The predicted octanol–water partition coefficient (Wildman–Crippen LogP) is 3.37. The van der Waals surface area contributed by atoms with Gasteiger partial charge in [-0.2, -0.15) is 0 Å². The van der Waals surface area contributed by atoms with Crippen LogP contribution in [-0.4, -0.2) is 35.1 Å². The second-order valence-electron chi connectivity index (χ2n) is 8.10. The zero-order chi connectivity index (χ0) is 18.6. The van der Waals surface area contributed by atoms with Crippen LogP contribution in [0.2, 0.25) is 0 Å². The van der Waals surface area contributed by atoms with Crippen molar-refractivity contribution in [3.63, 3.8) is 0 Å². The van der Waals surface area contributed by atoms with Gasteiger partial charge in [-0.15, -0.1) is 0 Å². The van der Waals surface area contributed by atoms with Crippen molar-refractivity contribution in [1.82, 2.24) is 10.0 Å². The Morgan fingerprint density at radius 2 is 1.92 bits per heavy atom. The first-order valence-electron chi connectivity index (χ1n) is 9.12. The van der Waals surface area contributed by atoms with E-state index in [1.54, 1.807) is 6.07 Å². The Bertz CT molecular complexity index is 595. The molecule has 1 aliphatic rings. The number of para-hydroxylation sites is 1. The maximum absolute atomic E-state index is 14.7. The largest absolute Gasteiger partial charge is 0.366 e. The summed E-state index contributed by atoms with van der Waals surface area (Å²) in [5, 5.41) is 3.31. The van der Waals surface area contributed by atoms with Crippen LogP contribution < -0.4 is 14.9 Å². The van der Waals surface area contributed by atoms with E-state index in [0.29, 0.717) is 11.6 Å². The smallest absolute Gasteiger partial charge is 0.146 e. The molecule has 0 spiro atoms. The van der Waals surface area contributed by atoms with Crippen LogP contribution in [0.4, 0.5) is 10.1 Å². The number of hydrogen-bond acceptors (Lipinski definition) is 3. The Hall–Kier alpha value is -0.980. The summed E-state index contributed by atoms with van der Waals surface area (Å²) in [6.45, 7) is 13.4. The standard InChI is InChI=1S/C19H32FN3OS/c1-14(2)13-17(22-25(24)19(3,4)5)15-7-6-8-16(20)18(15)23-11-9-21-10-12-23/h6-8,14,17,21-22H,9-13H2,1-5H3/t17-,25+/m0/s1. The Kier molecular flexibility index (Phi) is 7.00. The van der Waals surface area contributed by atoms with Gasteiger partial charge in [-0.05, 0) is 44.7 Å². The summed E-state index contributed by atoms with van der Waals surface area (Å²) < 4.78 is 30.3. The fourth-order valence-corrected chi connectivity index (χ4v) is 3.89. The van der Waals surface area contributed by atoms with Crippen LogP contribution >= 0.6 is 0 Å². The van der Waals surface area contributed by atoms with E-state index in [-0.39, 0.29) is 16.6 Å². The predicted molar refractivity (Wildman–Crippen MR) is 105 cm³/mol. The SMILES string of the molecule is CC(C)C[C@H](N[S@](=O)C(C)(C)C)c1cccc(F)c1N1CCNCC1. The molecule has 2 rings (SSSR count). The number of nitrogens with zero attached hydrogens (tertiary/aromatic N) is 1. The monoisotopic (exact) mass is 369 g/mol. The lowest BCUT2D eigenvalue weighted by molar-refractivity contribution is 0.475. The van der Waals surface area contributed by atoms with Gasteiger partial charge in [0.05, 0.1) is 21.4 Å². The van der Waals surface area contributed by atoms with Gasteiger partial charge >= 0.3 is 0 Å². The van der Waals surface area contributed by atoms with E-state index < -0.39 is 11.0 Å². The molecule has 1 aromatic carbocycles. The number of rotatable bonds is 6. The highest BCUT2D eigenvalue weighted by Crippen LogP contribution is 2.33. The van der Waals surface area contributed by atoms with E-state index in [1.807, 2.05) is 26.8 Å². The maximum atomic E-state index is 14.7. The molecule has 1 heterocycles. The van der Waals surface area contributed by atoms with Crippen LogP contribution in [0.5, 0.6) is 0 Å². The molecular weight excluding hydrogens is 337 g/mol. The van der Waals surface area contributed by atoms with Gasteiger partial charge in [0.2, 0.25) is 0 Å². The molecule has 2 N–H and O–H groups in total. The van der Waals surface area contributed by atoms with Crippen LogP contribution in [0.1, 0.15) is 52.6 Å². The second-order valence-corrected chi connectivity index (χ2v) is 10.1. The molecule has 1 saturated heterocycles. The first kappa shape index (κ1) is 20.3. The van der Waals surface area contributed by atoms with Crippen molar-refractivity contribution in [2.75, 3.05) is 31.1 Å². The number of nitrogens with one attached hydrogen (secondary N) is 2. The quantitative estimate of drug-likeness (QED) is 0.808. The number of halogens is 1. The minimum Gasteiger partial charge on any atom is -0.366 e. The van der Waals surface area contributed by atoms with Crippen molar-refractivity contribution in [3.05, 3.63) is 29.6 Å². The first-order chi connectivity index (χ1) is 11.7. The summed E-state index contributed by atoms with van der Waals surface area (Å²) in [5.41, 5.74) is 1.57. The minimum atomic E-state index is -1.21. The van der Waals surface area contributed by atoms with Gasteiger partial charge in [-0.3, -0.25) is 0 Å². The van der Waals surface area contributed by atoms with E-state index in [0.717, 1.165) is 38.2 Å². The van der Waals surface area contributed by atoms with Crippen molar-refractivity contribution in [2.45, 2.75) is 51.8 Å². The molecule has 0 bridgehead atoms. The first-order valence-corrected chi connectivity index (χ1v) is 10.3. The molecular formula is C19H32FN3OS. The van der Waals surface area contributed by atoms with Gasteiger partial charge in [0.1, 0.15) is 5.82 Å². The van der Waals surface area contributed by atoms with Gasteiger partial charge < -0.3 is 10.2 Å². The molecule has 1 aromatic rings. The molecule has 0 saturated carbocycles. The van der Waals surface area contributed by atoms with Crippen LogP contribution in [0.15, 0.2) is 18.2 Å². The lowest BCUT2D eigenvalue weighted by Crippen LogP contribution is -2.45. The molecule has 0 unspecified atom stereocenters. The van der Waals surface area contributed by atoms with E-state index in [9.17, 15) is 8.60 Å². The molecule has 6 heteroatoms. The molecule has 0 radical (unpaired) electrons. The van der Waals surface area contributed by atoms with Crippen molar-refractivity contribution in [2.24, 2.45) is 5.92 Å². The average molecular weight is 370 g/mol. The third-order valence-electron chi connectivity index (χ3n) is 4.34. The summed E-state index contributed by atoms with van der Waals surface area (Å²) in [7, 11) is -1.21. The van der Waals surface area contributed by atoms with Gasteiger partial charge in [0.25, 0.3) is 0 Å². The molecule has 2 atom stereocenters. The summed E-state index contributed by atoms with van der Waals surface area (Å²) in [6, 6.07) is 5.11. The number of anilines is 1. The number of benzene rings is 1. The molecule has 25 heavy (non-hydrogen) atoms. The van der Waals surface area contributed by atoms with E-state index in [2.05, 4.69) is 28.8 Å². The fraction of sp³-hybridized carbons (Fsp3) is 0.684. The molecule has 0 aliphatic carbocycles. The molecule has 1 aliphatic heterocycles. The zero-order valence-electron chi connectivity index (χ0n) is 16.1. The van der Waals surface area contributed by atoms with Gasteiger partial charge in [-0.1, -0.05) is 26.0 Å². The normalized spacial score (nSPS) is 18.4. The number of piperazine rings is 1. The van der Waals surface area contributed by atoms with E-state index >= 15 is 0 Å². The number of hydrogen-bond donors (Lipinski definition) is 2. The van der Waals surface area contributed by atoms with E-state index in [4.69, 9.17) is 0 Å². The Morgan fingerprint density at radius 3 is 2.48 bits per heavy atom. The van der Waals surface area contributed by atoms with Crippen LogP contribution in [-0.2, 0) is 11.0 Å². The lowest BCUT2D eigenvalue weighted by atomic mass is 9.95. The minimum absolute atomic E-state index is 0.138.